The van der Waals surface area contributed by atoms with Crippen LogP contribution in [0.5, 0.6) is 0 Å². The first-order valence-corrected chi connectivity index (χ1v) is 8.06. The topological polar surface area (TPSA) is 63.4 Å². The summed E-state index contributed by atoms with van der Waals surface area (Å²) < 4.78 is 11.2. The quantitative estimate of drug-likeness (QED) is 0.905. The van der Waals surface area contributed by atoms with Gasteiger partial charge in [-0.2, -0.15) is 4.98 Å². The summed E-state index contributed by atoms with van der Waals surface area (Å²) in [5, 5.41) is 7.56. The summed E-state index contributed by atoms with van der Waals surface area (Å²) in [5.74, 6) is 2.06. The third-order valence-electron chi connectivity index (χ3n) is 4.76. The van der Waals surface area contributed by atoms with Crippen LogP contribution in [-0.4, -0.2) is 54.9 Å². The molecule has 2 aliphatic rings. The molecule has 118 valence electrons. The minimum absolute atomic E-state index is 0.0484. The zero-order chi connectivity index (χ0) is 14.7. The molecule has 6 heteroatoms. The fourth-order valence-electron chi connectivity index (χ4n) is 3.47. The van der Waals surface area contributed by atoms with Gasteiger partial charge in [-0.3, -0.25) is 0 Å². The Bertz CT molecular complexity index is 451. The van der Waals surface area contributed by atoms with Gasteiger partial charge >= 0.3 is 0 Å². The number of hydrogen-bond donors (Lipinski definition) is 1. The predicted octanol–water partition coefficient (Wildman–Crippen LogP) is 1.39. The van der Waals surface area contributed by atoms with Crippen LogP contribution >= 0.6 is 0 Å². The molecule has 3 rings (SSSR count). The lowest BCUT2D eigenvalue weighted by Crippen LogP contribution is -2.37. The van der Waals surface area contributed by atoms with E-state index in [9.17, 15) is 0 Å². The minimum Gasteiger partial charge on any atom is -0.367 e. The van der Waals surface area contributed by atoms with Gasteiger partial charge in [0.25, 0.3) is 0 Å². The van der Waals surface area contributed by atoms with Crippen molar-refractivity contribution in [3.63, 3.8) is 0 Å². The van der Waals surface area contributed by atoms with Crippen molar-refractivity contribution >= 4 is 0 Å². The number of nitrogens with zero attached hydrogens (tertiary/aromatic N) is 3. The Morgan fingerprint density at radius 2 is 2.19 bits per heavy atom. The van der Waals surface area contributed by atoms with E-state index in [1.807, 2.05) is 7.05 Å². The molecule has 2 fully saturated rings. The molecule has 1 N–H and O–H groups in total. The van der Waals surface area contributed by atoms with Crippen molar-refractivity contribution in [3.8, 4) is 0 Å². The van der Waals surface area contributed by atoms with Crippen LogP contribution in [0, 0.1) is 5.92 Å². The molecule has 1 aliphatic heterocycles. The average Bonchev–Trinajstić information content (AvgIpc) is 2.96. The summed E-state index contributed by atoms with van der Waals surface area (Å²) in [6.07, 6.45) is 5.94. The second kappa shape index (κ2) is 6.85. The van der Waals surface area contributed by atoms with Gasteiger partial charge in [0, 0.05) is 25.6 Å². The second-order valence-electron chi connectivity index (χ2n) is 6.31. The molecule has 0 amide bonds. The fraction of sp³-hybridized carbons (Fsp3) is 0.867. The monoisotopic (exact) mass is 294 g/mol. The van der Waals surface area contributed by atoms with Crippen molar-refractivity contribution in [1.82, 2.24) is 20.4 Å². The van der Waals surface area contributed by atoms with E-state index in [0.717, 1.165) is 32.0 Å². The molecule has 1 aliphatic carbocycles. The van der Waals surface area contributed by atoms with Gasteiger partial charge in [-0.15, -0.1) is 0 Å². The maximum atomic E-state index is 5.74. The van der Waals surface area contributed by atoms with Crippen molar-refractivity contribution in [2.45, 2.75) is 44.2 Å². The molecule has 1 saturated carbocycles. The largest absolute Gasteiger partial charge is 0.367 e. The average molecular weight is 294 g/mol. The highest BCUT2D eigenvalue weighted by molar-refractivity contribution is 4.96. The number of nitrogens with one attached hydrogen (secondary N) is 1. The molecule has 2 heterocycles. The fourth-order valence-corrected chi connectivity index (χ4v) is 3.47. The molecule has 3 unspecified atom stereocenters. The van der Waals surface area contributed by atoms with Crippen LogP contribution < -0.4 is 5.32 Å². The zero-order valence-corrected chi connectivity index (χ0v) is 13.0. The highest BCUT2D eigenvalue weighted by Crippen LogP contribution is 2.27. The number of rotatable bonds is 4. The van der Waals surface area contributed by atoms with Gasteiger partial charge in [0.2, 0.25) is 11.7 Å². The van der Waals surface area contributed by atoms with Crippen molar-refractivity contribution in [3.05, 3.63) is 11.7 Å². The summed E-state index contributed by atoms with van der Waals surface area (Å²) in [5.41, 5.74) is 0. The van der Waals surface area contributed by atoms with E-state index in [1.54, 1.807) is 0 Å². The first kappa shape index (κ1) is 14.9. The smallest absolute Gasteiger partial charge is 0.227 e. The van der Waals surface area contributed by atoms with E-state index in [2.05, 4.69) is 27.4 Å². The van der Waals surface area contributed by atoms with Crippen molar-refractivity contribution in [2.75, 3.05) is 33.8 Å². The molecular weight excluding hydrogens is 268 g/mol. The molecule has 3 atom stereocenters. The molecule has 1 aromatic heterocycles. The number of aromatic nitrogens is 2. The molecule has 6 nitrogen and oxygen atoms in total. The van der Waals surface area contributed by atoms with Crippen molar-refractivity contribution in [2.24, 2.45) is 5.92 Å². The summed E-state index contributed by atoms with van der Waals surface area (Å²) in [6, 6.07) is 0.575. The van der Waals surface area contributed by atoms with E-state index in [-0.39, 0.29) is 6.10 Å². The van der Waals surface area contributed by atoms with Crippen LogP contribution in [0.2, 0.25) is 0 Å². The van der Waals surface area contributed by atoms with E-state index in [4.69, 9.17) is 9.26 Å². The van der Waals surface area contributed by atoms with E-state index in [1.165, 1.54) is 25.7 Å². The third kappa shape index (κ3) is 3.62. The molecule has 0 radical (unpaired) electrons. The van der Waals surface area contributed by atoms with Gasteiger partial charge in [0.05, 0.1) is 6.61 Å². The molecular formula is C15H26N4O2. The van der Waals surface area contributed by atoms with Crippen molar-refractivity contribution < 1.29 is 9.26 Å². The standard InChI is InChI=1S/C15H26N4O2/c1-16-12-6-4-3-5-11(12)9-14-17-15(18-21-14)13-10-19(2)7-8-20-13/h11-13,16H,3-10H2,1-2H3. The van der Waals surface area contributed by atoms with Gasteiger partial charge in [0.15, 0.2) is 0 Å². The Kier molecular flexibility index (Phi) is 4.87. The highest BCUT2D eigenvalue weighted by Gasteiger charge is 2.28. The van der Waals surface area contributed by atoms with Gasteiger partial charge in [0.1, 0.15) is 6.10 Å². The first-order valence-electron chi connectivity index (χ1n) is 8.06. The Labute approximate surface area is 126 Å². The number of ether oxygens (including phenoxy) is 1. The number of hydrogen-bond acceptors (Lipinski definition) is 6. The second-order valence-corrected chi connectivity index (χ2v) is 6.31. The molecule has 0 spiro atoms. The lowest BCUT2D eigenvalue weighted by molar-refractivity contribution is -0.0264. The van der Waals surface area contributed by atoms with E-state index in [0.29, 0.717) is 17.8 Å². The highest BCUT2D eigenvalue weighted by atomic mass is 16.5. The molecule has 1 aromatic rings. The SMILES string of the molecule is CNC1CCCCC1Cc1nc(C2CN(C)CCO2)no1. The van der Waals surface area contributed by atoms with Crippen LogP contribution in [0.4, 0.5) is 0 Å². The van der Waals surface area contributed by atoms with Gasteiger partial charge in [-0.05, 0) is 32.9 Å². The summed E-state index contributed by atoms with van der Waals surface area (Å²) in [4.78, 5) is 6.81. The molecule has 0 aromatic carbocycles. The summed E-state index contributed by atoms with van der Waals surface area (Å²) in [6.45, 7) is 2.53. The van der Waals surface area contributed by atoms with Crippen LogP contribution in [0.1, 0.15) is 43.5 Å². The summed E-state index contributed by atoms with van der Waals surface area (Å²) >= 11 is 0. The lowest BCUT2D eigenvalue weighted by Gasteiger charge is -2.30. The molecule has 21 heavy (non-hydrogen) atoms. The van der Waals surface area contributed by atoms with Crippen LogP contribution in [0.25, 0.3) is 0 Å². The van der Waals surface area contributed by atoms with Gasteiger partial charge in [-0.25, -0.2) is 0 Å². The Morgan fingerprint density at radius 3 is 3.00 bits per heavy atom. The Hall–Kier alpha value is -0.980. The lowest BCUT2D eigenvalue weighted by atomic mass is 9.82. The van der Waals surface area contributed by atoms with Crippen LogP contribution in [0.15, 0.2) is 4.52 Å². The summed E-state index contributed by atoms with van der Waals surface area (Å²) in [7, 11) is 4.14. The Balaban J connectivity index is 1.61. The molecule has 1 saturated heterocycles. The van der Waals surface area contributed by atoms with Crippen LogP contribution in [-0.2, 0) is 11.2 Å². The minimum atomic E-state index is -0.0484. The first-order chi connectivity index (χ1) is 10.3. The Morgan fingerprint density at radius 1 is 1.33 bits per heavy atom. The predicted molar refractivity (Wildman–Crippen MR) is 79.0 cm³/mol. The number of likely N-dealkylation sites (N-methyl/N-ethyl adjacent to an activating group) is 1. The van der Waals surface area contributed by atoms with Gasteiger partial charge < -0.3 is 19.5 Å². The normalized spacial score (nSPS) is 31.4. The number of morpholine rings is 1. The van der Waals surface area contributed by atoms with Crippen molar-refractivity contribution in [1.29, 1.82) is 0 Å². The van der Waals surface area contributed by atoms with E-state index >= 15 is 0 Å². The van der Waals surface area contributed by atoms with Gasteiger partial charge in [-0.1, -0.05) is 18.0 Å². The maximum absolute atomic E-state index is 5.74. The maximum Gasteiger partial charge on any atom is 0.227 e. The zero-order valence-electron chi connectivity index (χ0n) is 13.0. The van der Waals surface area contributed by atoms with Crippen LogP contribution in [0.3, 0.4) is 0 Å². The molecule has 0 bridgehead atoms. The third-order valence-corrected chi connectivity index (χ3v) is 4.76. The van der Waals surface area contributed by atoms with E-state index < -0.39 is 0 Å².